The van der Waals surface area contributed by atoms with Gasteiger partial charge >= 0.3 is 5.97 Å². The molecule has 0 aromatic heterocycles. The highest BCUT2D eigenvalue weighted by Crippen LogP contribution is 2.23. The van der Waals surface area contributed by atoms with E-state index in [0.29, 0.717) is 23.7 Å². The van der Waals surface area contributed by atoms with Gasteiger partial charge in [0.05, 0.1) is 7.11 Å². The summed E-state index contributed by atoms with van der Waals surface area (Å²) in [6, 6.07) is 14.4. The molecule has 0 fully saturated rings. The van der Waals surface area contributed by atoms with Crippen molar-refractivity contribution in [3.8, 4) is 5.75 Å². The van der Waals surface area contributed by atoms with Crippen molar-refractivity contribution in [3.63, 3.8) is 0 Å². The van der Waals surface area contributed by atoms with Crippen molar-refractivity contribution in [2.24, 2.45) is 0 Å². The number of ether oxygens (including phenoxy) is 2. The van der Waals surface area contributed by atoms with Crippen LogP contribution in [0, 0.1) is 0 Å². The van der Waals surface area contributed by atoms with Gasteiger partial charge in [0.15, 0.2) is 6.10 Å². The first-order chi connectivity index (χ1) is 12.0. The van der Waals surface area contributed by atoms with E-state index in [-0.39, 0.29) is 11.5 Å². The zero-order valence-electron chi connectivity index (χ0n) is 14.1. The molecule has 2 aromatic rings. The van der Waals surface area contributed by atoms with Crippen LogP contribution < -0.4 is 10.1 Å². The zero-order chi connectivity index (χ0) is 18.2. The fourth-order valence-electron chi connectivity index (χ4n) is 2.24. The van der Waals surface area contributed by atoms with Gasteiger partial charge in [0.1, 0.15) is 11.3 Å². The van der Waals surface area contributed by atoms with Crippen LogP contribution in [-0.2, 0) is 16.0 Å². The van der Waals surface area contributed by atoms with E-state index in [4.69, 9.17) is 21.1 Å². The molecule has 132 valence electrons. The number of rotatable bonds is 7. The molecule has 0 spiro atoms. The summed E-state index contributed by atoms with van der Waals surface area (Å²) in [6.45, 7) is 1.98. The first-order valence-corrected chi connectivity index (χ1v) is 8.25. The Balaban J connectivity index is 1.88. The number of carbonyl (C=O) groups is 2. The maximum atomic E-state index is 12.2. The van der Waals surface area contributed by atoms with Crippen LogP contribution in [-0.4, -0.2) is 31.6 Å². The van der Waals surface area contributed by atoms with Crippen LogP contribution in [0.2, 0.25) is 5.02 Å². The van der Waals surface area contributed by atoms with E-state index in [0.717, 1.165) is 5.56 Å². The summed E-state index contributed by atoms with van der Waals surface area (Å²) in [4.78, 5) is 24.3. The van der Waals surface area contributed by atoms with Gasteiger partial charge in [0, 0.05) is 11.6 Å². The van der Waals surface area contributed by atoms with E-state index in [1.54, 1.807) is 12.1 Å². The number of halogens is 1. The van der Waals surface area contributed by atoms with Gasteiger partial charge in [-0.25, -0.2) is 4.79 Å². The smallest absolute Gasteiger partial charge is 0.342 e. The number of hydrogen-bond donors (Lipinski definition) is 1. The van der Waals surface area contributed by atoms with Crippen LogP contribution in [0.25, 0.3) is 0 Å². The minimum Gasteiger partial charge on any atom is -0.496 e. The van der Waals surface area contributed by atoms with Gasteiger partial charge in [-0.1, -0.05) is 41.9 Å². The summed E-state index contributed by atoms with van der Waals surface area (Å²) >= 11 is 5.90. The highest BCUT2D eigenvalue weighted by atomic mass is 35.5. The molecule has 0 saturated carbocycles. The van der Waals surface area contributed by atoms with E-state index in [1.165, 1.54) is 20.1 Å². The molecule has 5 nitrogen and oxygen atoms in total. The zero-order valence-corrected chi connectivity index (χ0v) is 14.9. The molecule has 0 aliphatic carbocycles. The van der Waals surface area contributed by atoms with Crippen LogP contribution in [0.15, 0.2) is 48.5 Å². The number of amides is 1. The summed E-state index contributed by atoms with van der Waals surface area (Å²) in [5.41, 5.74) is 1.30. The first-order valence-electron chi connectivity index (χ1n) is 7.87. The lowest BCUT2D eigenvalue weighted by atomic mass is 10.1. The van der Waals surface area contributed by atoms with Crippen molar-refractivity contribution < 1.29 is 19.1 Å². The second kappa shape index (κ2) is 9.08. The minimum atomic E-state index is -0.924. The Kier molecular flexibility index (Phi) is 6.83. The SMILES string of the molecule is COc1ccc(Cl)cc1C(=O)O[C@H](C)C(=O)NCCc1ccccc1. The Hall–Kier alpha value is -2.53. The van der Waals surface area contributed by atoms with Crippen molar-refractivity contribution in [3.05, 3.63) is 64.7 Å². The lowest BCUT2D eigenvalue weighted by molar-refractivity contribution is -0.129. The van der Waals surface area contributed by atoms with Crippen molar-refractivity contribution >= 4 is 23.5 Å². The van der Waals surface area contributed by atoms with E-state index in [9.17, 15) is 9.59 Å². The summed E-state index contributed by atoms with van der Waals surface area (Å²) in [7, 11) is 1.44. The lowest BCUT2D eigenvalue weighted by Crippen LogP contribution is -2.37. The van der Waals surface area contributed by atoms with Crippen molar-refractivity contribution in [2.75, 3.05) is 13.7 Å². The third kappa shape index (κ3) is 5.50. The molecule has 0 heterocycles. The van der Waals surface area contributed by atoms with E-state index >= 15 is 0 Å². The topological polar surface area (TPSA) is 64.6 Å². The highest BCUT2D eigenvalue weighted by Gasteiger charge is 2.21. The van der Waals surface area contributed by atoms with Crippen molar-refractivity contribution in [1.82, 2.24) is 5.32 Å². The van der Waals surface area contributed by atoms with Gasteiger partial charge in [-0.15, -0.1) is 0 Å². The Morgan fingerprint density at radius 3 is 2.56 bits per heavy atom. The summed E-state index contributed by atoms with van der Waals surface area (Å²) in [6.07, 6.45) is -0.220. The molecule has 0 radical (unpaired) electrons. The molecule has 0 bridgehead atoms. The monoisotopic (exact) mass is 361 g/mol. The molecule has 0 aliphatic rings. The molecule has 2 aromatic carbocycles. The summed E-state index contributed by atoms with van der Waals surface area (Å²) in [5.74, 6) is -0.679. The molecule has 1 atom stereocenters. The number of benzene rings is 2. The highest BCUT2D eigenvalue weighted by molar-refractivity contribution is 6.31. The van der Waals surface area contributed by atoms with E-state index in [1.807, 2.05) is 30.3 Å². The molecular formula is C19H20ClNO4. The molecule has 0 unspecified atom stereocenters. The van der Waals surface area contributed by atoms with Crippen molar-refractivity contribution in [1.29, 1.82) is 0 Å². The van der Waals surface area contributed by atoms with Gasteiger partial charge < -0.3 is 14.8 Å². The second-order valence-corrected chi connectivity index (χ2v) is 5.86. The lowest BCUT2D eigenvalue weighted by Gasteiger charge is -2.15. The fraction of sp³-hybridized carbons (Fsp3) is 0.263. The van der Waals surface area contributed by atoms with Gasteiger partial charge in [0.2, 0.25) is 0 Å². The van der Waals surface area contributed by atoms with Crippen LogP contribution in [0.5, 0.6) is 5.75 Å². The molecule has 1 amide bonds. The van der Waals surface area contributed by atoms with E-state index in [2.05, 4.69) is 5.32 Å². The quantitative estimate of drug-likeness (QED) is 0.769. The summed E-state index contributed by atoms with van der Waals surface area (Å²) < 4.78 is 10.3. The van der Waals surface area contributed by atoms with Crippen LogP contribution in [0.1, 0.15) is 22.8 Å². The maximum absolute atomic E-state index is 12.2. The Bertz CT molecular complexity index is 733. The molecule has 2 rings (SSSR count). The predicted molar refractivity (Wildman–Crippen MR) is 96.0 cm³/mol. The van der Waals surface area contributed by atoms with Crippen LogP contribution >= 0.6 is 11.6 Å². The largest absolute Gasteiger partial charge is 0.496 e. The summed E-state index contributed by atoms with van der Waals surface area (Å²) in [5, 5.41) is 3.14. The number of nitrogens with one attached hydrogen (secondary N) is 1. The van der Waals surface area contributed by atoms with Gasteiger partial charge in [0.25, 0.3) is 5.91 Å². The maximum Gasteiger partial charge on any atom is 0.342 e. The standard InChI is InChI=1S/C19H20ClNO4/c1-13(18(22)21-11-10-14-6-4-3-5-7-14)25-19(23)16-12-15(20)8-9-17(16)24-2/h3-9,12-13H,10-11H2,1-2H3,(H,21,22)/t13-/m1/s1. The fourth-order valence-corrected chi connectivity index (χ4v) is 2.41. The predicted octanol–water partition coefficient (Wildman–Crippen LogP) is 3.25. The van der Waals surface area contributed by atoms with Gasteiger partial charge in [-0.2, -0.15) is 0 Å². The Morgan fingerprint density at radius 1 is 1.16 bits per heavy atom. The van der Waals surface area contributed by atoms with Crippen LogP contribution in [0.3, 0.4) is 0 Å². The molecule has 0 saturated heterocycles. The number of carbonyl (C=O) groups excluding carboxylic acids is 2. The average Bonchev–Trinajstić information content (AvgIpc) is 2.62. The minimum absolute atomic E-state index is 0.180. The first kappa shape index (κ1) is 18.8. The Labute approximate surface area is 151 Å². The molecule has 6 heteroatoms. The number of hydrogen-bond acceptors (Lipinski definition) is 4. The molecule has 0 aliphatic heterocycles. The van der Waals surface area contributed by atoms with Crippen LogP contribution in [0.4, 0.5) is 0 Å². The third-order valence-corrected chi connectivity index (χ3v) is 3.83. The van der Waals surface area contributed by atoms with Crippen molar-refractivity contribution in [2.45, 2.75) is 19.4 Å². The normalized spacial score (nSPS) is 11.5. The van der Waals surface area contributed by atoms with Gasteiger partial charge in [-0.3, -0.25) is 4.79 Å². The molecule has 1 N–H and O–H groups in total. The molecule has 25 heavy (non-hydrogen) atoms. The number of methoxy groups -OCH3 is 1. The second-order valence-electron chi connectivity index (χ2n) is 5.42. The Morgan fingerprint density at radius 2 is 1.88 bits per heavy atom. The van der Waals surface area contributed by atoms with Gasteiger partial charge in [-0.05, 0) is 37.1 Å². The molecular weight excluding hydrogens is 342 g/mol. The third-order valence-electron chi connectivity index (χ3n) is 3.59. The number of esters is 1. The van der Waals surface area contributed by atoms with E-state index < -0.39 is 12.1 Å². The average molecular weight is 362 g/mol.